The number of benzene rings is 1. The molecule has 0 aliphatic heterocycles. The molecule has 0 unspecified atom stereocenters. The van der Waals surface area contributed by atoms with Gasteiger partial charge in [0.2, 0.25) is 0 Å². The molecule has 0 saturated heterocycles. The highest BCUT2D eigenvalue weighted by molar-refractivity contribution is 5.92. The molecule has 0 bridgehead atoms. The van der Waals surface area contributed by atoms with E-state index >= 15 is 0 Å². The van der Waals surface area contributed by atoms with Gasteiger partial charge >= 0.3 is 0 Å². The van der Waals surface area contributed by atoms with Crippen LogP contribution in [0.15, 0.2) is 42.7 Å². The van der Waals surface area contributed by atoms with Crippen LogP contribution < -0.4 is 10.2 Å². The number of ether oxygens (including phenoxy) is 1. The van der Waals surface area contributed by atoms with Crippen molar-refractivity contribution in [1.29, 1.82) is 0 Å². The predicted octanol–water partition coefficient (Wildman–Crippen LogP) is 1.88. The lowest BCUT2D eigenvalue weighted by Crippen LogP contribution is -2.29. The summed E-state index contributed by atoms with van der Waals surface area (Å²) in [6.07, 6.45) is 1.42. The first-order valence-corrected chi connectivity index (χ1v) is 7.62. The highest BCUT2D eigenvalue weighted by atomic mass is 16.5. The fraction of sp³-hybridized carbons (Fsp3) is 0.353. The van der Waals surface area contributed by atoms with Gasteiger partial charge in [0.05, 0.1) is 6.61 Å². The number of hydrogen-bond acceptors (Lipinski definition) is 5. The SMILES string of the molecule is CCN(Cc1ccccc1)c1cc(C(=O)NCCOC)ncn1. The zero-order valence-electron chi connectivity index (χ0n) is 13.5. The first-order valence-electron chi connectivity index (χ1n) is 7.62. The average Bonchev–Trinajstić information content (AvgIpc) is 2.61. The van der Waals surface area contributed by atoms with Gasteiger partial charge in [0.1, 0.15) is 17.8 Å². The van der Waals surface area contributed by atoms with Crippen molar-refractivity contribution >= 4 is 11.7 Å². The van der Waals surface area contributed by atoms with Crippen LogP contribution in [0.3, 0.4) is 0 Å². The molecule has 0 fully saturated rings. The molecular formula is C17H22N4O2. The molecule has 6 heteroatoms. The minimum absolute atomic E-state index is 0.221. The van der Waals surface area contributed by atoms with E-state index in [9.17, 15) is 4.79 Å². The summed E-state index contributed by atoms with van der Waals surface area (Å²) < 4.78 is 4.92. The van der Waals surface area contributed by atoms with Crippen LogP contribution in [0.5, 0.6) is 0 Å². The summed E-state index contributed by atoms with van der Waals surface area (Å²) in [7, 11) is 1.59. The van der Waals surface area contributed by atoms with Gasteiger partial charge in [0.15, 0.2) is 0 Å². The third-order valence-corrected chi connectivity index (χ3v) is 3.40. The Bertz CT molecular complexity index is 619. The average molecular weight is 314 g/mol. The van der Waals surface area contributed by atoms with Crippen LogP contribution in [-0.2, 0) is 11.3 Å². The molecule has 122 valence electrons. The van der Waals surface area contributed by atoms with Gasteiger partial charge in [-0.05, 0) is 12.5 Å². The van der Waals surface area contributed by atoms with Crippen molar-refractivity contribution in [1.82, 2.24) is 15.3 Å². The van der Waals surface area contributed by atoms with Crippen molar-refractivity contribution in [3.05, 3.63) is 54.0 Å². The lowest BCUT2D eigenvalue weighted by atomic mass is 10.2. The van der Waals surface area contributed by atoms with Crippen LogP contribution in [0, 0.1) is 0 Å². The number of hydrogen-bond donors (Lipinski definition) is 1. The van der Waals surface area contributed by atoms with E-state index in [1.54, 1.807) is 13.2 Å². The molecule has 0 radical (unpaired) electrons. The van der Waals surface area contributed by atoms with Crippen LogP contribution in [0.1, 0.15) is 23.0 Å². The molecular weight excluding hydrogens is 292 g/mol. The predicted molar refractivity (Wildman–Crippen MR) is 89.4 cm³/mol. The van der Waals surface area contributed by atoms with Crippen LogP contribution >= 0.6 is 0 Å². The summed E-state index contributed by atoms with van der Waals surface area (Å²) in [5.41, 5.74) is 1.55. The fourth-order valence-electron chi connectivity index (χ4n) is 2.16. The Balaban J connectivity index is 2.08. The number of rotatable bonds is 8. The Morgan fingerprint density at radius 3 is 2.74 bits per heavy atom. The number of nitrogens with zero attached hydrogens (tertiary/aromatic N) is 3. The molecule has 2 aromatic rings. The Hall–Kier alpha value is -2.47. The van der Waals surface area contributed by atoms with Gasteiger partial charge in [-0.25, -0.2) is 9.97 Å². The van der Waals surface area contributed by atoms with Crippen molar-refractivity contribution in [2.24, 2.45) is 0 Å². The second kappa shape index (κ2) is 8.85. The number of carbonyl (C=O) groups excluding carboxylic acids is 1. The maximum atomic E-state index is 12.1. The van der Waals surface area contributed by atoms with Gasteiger partial charge in [-0.2, -0.15) is 0 Å². The largest absolute Gasteiger partial charge is 0.383 e. The van der Waals surface area contributed by atoms with Gasteiger partial charge in [-0.3, -0.25) is 4.79 Å². The summed E-state index contributed by atoms with van der Waals surface area (Å²) in [6.45, 7) is 4.51. The Labute approximate surface area is 136 Å². The molecule has 23 heavy (non-hydrogen) atoms. The van der Waals surface area contributed by atoms with E-state index < -0.39 is 0 Å². The standard InChI is InChI=1S/C17H22N4O2/c1-3-21(12-14-7-5-4-6-8-14)16-11-15(19-13-20-16)17(22)18-9-10-23-2/h4-8,11,13H,3,9-10,12H2,1-2H3,(H,18,22). The summed E-state index contributed by atoms with van der Waals surface area (Å²) in [6, 6.07) is 11.9. The number of nitrogens with one attached hydrogen (secondary N) is 1. The Kier molecular flexibility index (Phi) is 6.50. The van der Waals surface area contributed by atoms with Crippen molar-refractivity contribution < 1.29 is 9.53 Å². The molecule has 1 aromatic heterocycles. The smallest absolute Gasteiger partial charge is 0.270 e. The first-order chi connectivity index (χ1) is 11.2. The zero-order valence-corrected chi connectivity index (χ0v) is 13.5. The highest BCUT2D eigenvalue weighted by Crippen LogP contribution is 2.14. The van der Waals surface area contributed by atoms with Crippen molar-refractivity contribution in [3.63, 3.8) is 0 Å². The Morgan fingerprint density at radius 1 is 1.26 bits per heavy atom. The molecule has 1 aromatic carbocycles. The van der Waals surface area contributed by atoms with Gasteiger partial charge < -0.3 is 15.0 Å². The molecule has 0 aliphatic carbocycles. The number of carbonyl (C=O) groups is 1. The van der Waals surface area contributed by atoms with Crippen LogP contribution in [-0.4, -0.2) is 42.7 Å². The molecule has 6 nitrogen and oxygen atoms in total. The molecule has 0 atom stereocenters. The van der Waals surface area contributed by atoms with E-state index in [-0.39, 0.29) is 5.91 Å². The van der Waals surface area contributed by atoms with Crippen LogP contribution in [0.4, 0.5) is 5.82 Å². The summed E-state index contributed by atoms with van der Waals surface area (Å²) in [4.78, 5) is 22.5. The number of anilines is 1. The monoisotopic (exact) mass is 314 g/mol. The maximum absolute atomic E-state index is 12.1. The van der Waals surface area contributed by atoms with Crippen molar-refractivity contribution in [3.8, 4) is 0 Å². The minimum atomic E-state index is -0.221. The normalized spacial score (nSPS) is 10.3. The van der Waals surface area contributed by atoms with E-state index in [1.807, 2.05) is 18.2 Å². The molecule has 1 heterocycles. The first kappa shape index (κ1) is 16.9. The highest BCUT2D eigenvalue weighted by Gasteiger charge is 2.12. The third-order valence-electron chi connectivity index (χ3n) is 3.40. The third kappa shape index (κ3) is 5.03. The molecule has 0 spiro atoms. The van der Waals surface area contributed by atoms with Crippen LogP contribution in [0.25, 0.3) is 0 Å². The summed E-state index contributed by atoms with van der Waals surface area (Å²) in [5.74, 6) is 0.518. The second-order valence-corrected chi connectivity index (χ2v) is 5.01. The molecule has 1 N–H and O–H groups in total. The van der Waals surface area contributed by atoms with Gasteiger partial charge in [-0.1, -0.05) is 30.3 Å². The topological polar surface area (TPSA) is 67.4 Å². The van der Waals surface area contributed by atoms with E-state index in [1.165, 1.54) is 11.9 Å². The van der Waals surface area contributed by atoms with E-state index in [2.05, 4.69) is 39.2 Å². The summed E-state index contributed by atoms with van der Waals surface area (Å²) >= 11 is 0. The molecule has 0 aliphatic rings. The van der Waals surface area contributed by atoms with E-state index in [4.69, 9.17) is 4.74 Å². The van der Waals surface area contributed by atoms with Crippen molar-refractivity contribution in [2.75, 3.05) is 31.7 Å². The second-order valence-electron chi connectivity index (χ2n) is 5.01. The molecule has 1 amide bonds. The Morgan fingerprint density at radius 2 is 2.04 bits per heavy atom. The number of methoxy groups -OCH3 is 1. The van der Waals surface area contributed by atoms with Gasteiger partial charge in [-0.15, -0.1) is 0 Å². The lowest BCUT2D eigenvalue weighted by molar-refractivity contribution is 0.0932. The molecule has 2 rings (SSSR count). The van der Waals surface area contributed by atoms with Gasteiger partial charge in [0.25, 0.3) is 5.91 Å². The maximum Gasteiger partial charge on any atom is 0.270 e. The zero-order chi connectivity index (χ0) is 16.5. The number of amides is 1. The van der Waals surface area contributed by atoms with Gasteiger partial charge in [0, 0.05) is 32.8 Å². The minimum Gasteiger partial charge on any atom is -0.383 e. The molecule has 0 saturated carbocycles. The quantitative estimate of drug-likeness (QED) is 0.754. The lowest BCUT2D eigenvalue weighted by Gasteiger charge is -2.22. The van der Waals surface area contributed by atoms with Crippen LogP contribution in [0.2, 0.25) is 0 Å². The van der Waals surface area contributed by atoms with Crippen molar-refractivity contribution in [2.45, 2.75) is 13.5 Å². The summed E-state index contributed by atoms with van der Waals surface area (Å²) in [5, 5.41) is 2.76. The van der Waals surface area contributed by atoms with E-state index in [0.717, 1.165) is 18.9 Å². The fourth-order valence-corrected chi connectivity index (χ4v) is 2.16. The number of aromatic nitrogens is 2. The van der Waals surface area contributed by atoms with E-state index in [0.29, 0.717) is 18.8 Å².